The van der Waals surface area contributed by atoms with Gasteiger partial charge in [-0.05, 0) is 31.2 Å². The van der Waals surface area contributed by atoms with Gasteiger partial charge in [-0.3, -0.25) is 4.98 Å². The van der Waals surface area contributed by atoms with Crippen LogP contribution in [0.4, 0.5) is 11.4 Å². The molecule has 1 N–H and O–H groups in total. The maximum Gasteiger partial charge on any atom is 0.339 e. The van der Waals surface area contributed by atoms with Crippen LogP contribution in [0.15, 0.2) is 59.6 Å². The molecular weight excluding hydrogens is 525 g/mol. The predicted octanol–water partition coefficient (Wildman–Crippen LogP) is 6.25. The fourth-order valence-electron chi connectivity index (χ4n) is 3.43. The van der Waals surface area contributed by atoms with E-state index in [4.69, 9.17) is 36.9 Å². The summed E-state index contributed by atoms with van der Waals surface area (Å²) in [5.41, 5.74) is 2.29. The van der Waals surface area contributed by atoms with Crippen LogP contribution in [-0.4, -0.2) is 27.6 Å². The lowest BCUT2D eigenvalue weighted by atomic mass is 10.1. The van der Waals surface area contributed by atoms with E-state index in [0.717, 1.165) is 5.56 Å². The fourth-order valence-corrected chi connectivity index (χ4v) is 4.87. The number of ether oxygens (including phenoxy) is 2. The Balaban J connectivity index is 1.82. The first-order valence-corrected chi connectivity index (χ1v) is 12.5. The van der Waals surface area contributed by atoms with E-state index in [2.05, 4.69) is 16.4 Å². The molecule has 0 spiro atoms. The van der Waals surface area contributed by atoms with Crippen LogP contribution >= 0.6 is 23.2 Å². The number of hydrogen-bond donors (Lipinski definition) is 1. The number of pyridine rings is 1. The molecule has 0 amide bonds. The van der Waals surface area contributed by atoms with Gasteiger partial charge >= 0.3 is 10.1 Å². The third-order valence-electron chi connectivity index (χ3n) is 5.28. The quantitative estimate of drug-likeness (QED) is 0.272. The van der Waals surface area contributed by atoms with Crippen molar-refractivity contribution in [2.45, 2.75) is 11.8 Å². The molecule has 4 aromatic rings. The molecule has 0 bridgehead atoms. The first kappa shape index (κ1) is 25.4. The number of methoxy groups -OCH3 is 2. The van der Waals surface area contributed by atoms with E-state index in [1.165, 1.54) is 50.7 Å². The Morgan fingerprint density at radius 2 is 1.64 bits per heavy atom. The van der Waals surface area contributed by atoms with Crippen LogP contribution in [0.2, 0.25) is 10.0 Å². The highest BCUT2D eigenvalue weighted by molar-refractivity contribution is 7.87. The Morgan fingerprint density at radius 3 is 2.28 bits per heavy atom. The van der Waals surface area contributed by atoms with Crippen molar-refractivity contribution in [2.24, 2.45) is 0 Å². The summed E-state index contributed by atoms with van der Waals surface area (Å²) >= 11 is 12.5. The highest BCUT2D eigenvalue weighted by atomic mass is 35.5. The molecule has 8 nitrogen and oxygen atoms in total. The molecule has 3 aromatic carbocycles. The average Bonchev–Trinajstić information content (AvgIpc) is 2.85. The van der Waals surface area contributed by atoms with Crippen molar-refractivity contribution in [3.63, 3.8) is 0 Å². The maximum atomic E-state index is 12.9. The summed E-state index contributed by atoms with van der Waals surface area (Å²) in [4.78, 5) is 4.30. The molecule has 0 saturated carbocycles. The largest absolute Gasteiger partial charge is 0.495 e. The molecule has 0 aliphatic heterocycles. The Kier molecular flexibility index (Phi) is 7.13. The monoisotopic (exact) mass is 543 g/mol. The molecule has 0 aliphatic carbocycles. The lowest BCUT2D eigenvalue weighted by Gasteiger charge is -2.16. The first-order chi connectivity index (χ1) is 17.2. The average molecular weight is 544 g/mol. The molecule has 1 aromatic heterocycles. The number of nitriles is 1. The Labute approximate surface area is 218 Å². The zero-order valence-electron chi connectivity index (χ0n) is 19.3. The third kappa shape index (κ3) is 4.97. The Morgan fingerprint density at radius 1 is 0.944 bits per heavy atom. The zero-order chi connectivity index (χ0) is 26.0. The number of halogens is 2. The highest BCUT2D eigenvalue weighted by Gasteiger charge is 2.22. The summed E-state index contributed by atoms with van der Waals surface area (Å²) in [6.45, 7) is 1.85. The molecule has 0 unspecified atom stereocenters. The van der Waals surface area contributed by atoms with Gasteiger partial charge in [-0.15, -0.1) is 0 Å². The standard InChI is InChI=1S/C25H19Cl2N3O5S/c1-14-4-6-16(7-5-14)36(31,32)35-24-10-20-17(8-23(24)34-3)25(15(12-28)13-29-20)30-21-11-22(33-2)19(27)9-18(21)26/h4-11,13H,1-3H3,(H,29,30). The van der Waals surface area contributed by atoms with Gasteiger partial charge in [0.15, 0.2) is 11.5 Å². The van der Waals surface area contributed by atoms with E-state index in [-0.39, 0.29) is 22.0 Å². The van der Waals surface area contributed by atoms with Crippen molar-refractivity contribution < 1.29 is 22.1 Å². The summed E-state index contributed by atoms with van der Waals surface area (Å²) in [5, 5.41) is 13.9. The van der Waals surface area contributed by atoms with Gasteiger partial charge in [0, 0.05) is 23.7 Å². The van der Waals surface area contributed by atoms with E-state index in [1.54, 1.807) is 18.2 Å². The first-order valence-electron chi connectivity index (χ1n) is 10.4. The SMILES string of the molecule is COc1cc(Nc2c(C#N)cnc3cc(OS(=O)(=O)c4ccc(C)cc4)c(OC)cc23)c(Cl)cc1Cl. The van der Waals surface area contributed by atoms with Gasteiger partial charge in [-0.2, -0.15) is 13.7 Å². The molecule has 184 valence electrons. The molecule has 11 heteroatoms. The topological polar surface area (TPSA) is 111 Å². The molecule has 0 aliphatic rings. The van der Waals surface area contributed by atoms with Gasteiger partial charge in [-0.1, -0.05) is 40.9 Å². The summed E-state index contributed by atoms with van der Waals surface area (Å²) in [5.74, 6) is 0.452. The Hall–Kier alpha value is -3.71. The van der Waals surface area contributed by atoms with Gasteiger partial charge < -0.3 is 19.0 Å². The molecule has 0 atom stereocenters. The molecule has 0 saturated heterocycles. The van der Waals surface area contributed by atoms with E-state index >= 15 is 0 Å². The Bertz CT molecular complexity index is 1620. The van der Waals surface area contributed by atoms with Gasteiger partial charge in [0.05, 0.1) is 46.7 Å². The van der Waals surface area contributed by atoms with Crippen LogP contribution in [0, 0.1) is 18.3 Å². The van der Waals surface area contributed by atoms with Crippen LogP contribution in [0.1, 0.15) is 11.1 Å². The minimum Gasteiger partial charge on any atom is -0.495 e. The lowest BCUT2D eigenvalue weighted by molar-refractivity contribution is 0.391. The van der Waals surface area contributed by atoms with Crippen LogP contribution in [0.3, 0.4) is 0 Å². The summed E-state index contributed by atoms with van der Waals surface area (Å²) < 4.78 is 41.8. The van der Waals surface area contributed by atoms with E-state index < -0.39 is 10.1 Å². The zero-order valence-corrected chi connectivity index (χ0v) is 21.6. The van der Waals surface area contributed by atoms with Crippen LogP contribution in [0.5, 0.6) is 17.2 Å². The number of aryl methyl sites for hydroxylation is 1. The summed E-state index contributed by atoms with van der Waals surface area (Å²) in [7, 11) is -1.29. The number of aromatic nitrogens is 1. The maximum absolute atomic E-state index is 12.9. The third-order valence-corrected chi connectivity index (χ3v) is 7.14. The number of hydrogen-bond acceptors (Lipinski definition) is 8. The number of anilines is 2. The van der Waals surface area contributed by atoms with Crippen molar-refractivity contribution in [3.05, 3.63) is 75.9 Å². The predicted molar refractivity (Wildman–Crippen MR) is 138 cm³/mol. The number of fused-ring (bicyclic) bond motifs is 1. The van der Waals surface area contributed by atoms with E-state index in [1.807, 2.05) is 6.92 Å². The van der Waals surface area contributed by atoms with Crippen molar-refractivity contribution in [3.8, 4) is 23.3 Å². The fraction of sp³-hybridized carbons (Fsp3) is 0.120. The summed E-state index contributed by atoms with van der Waals surface area (Å²) in [6, 6.07) is 14.4. The normalized spacial score (nSPS) is 11.1. The second kappa shape index (κ2) is 10.1. The molecular formula is C25H19Cl2N3O5S. The number of benzene rings is 3. The van der Waals surface area contributed by atoms with Crippen LogP contribution < -0.4 is 19.0 Å². The smallest absolute Gasteiger partial charge is 0.339 e. The van der Waals surface area contributed by atoms with Crippen LogP contribution in [-0.2, 0) is 10.1 Å². The van der Waals surface area contributed by atoms with E-state index in [9.17, 15) is 13.7 Å². The highest BCUT2D eigenvalue weighted by Crippen LogP contribution is 2.41. The number of rotatable bonds is 7. The number of nitrogens with zero attached hydrogens (tertiary/aromatic N) is 2. The second-order valence-corrected chi connectivity index (χ2v) is 9.98. The van der Waals surface area contributed by atoms with Gasteiger partial charge in [-0.25, -0.2) is 0 Å². The molecule has 0 fully saturated rings. The van der Waals surface area contributed by atoms with Crippen molar-refractivity contribution in [2.75, 3.05) is 19.5 Å². The molecule has 0 radical (unpaired) electrons. The van der Waals surface area contributed by atoms with Gasteiger partial charge in [0.25, 0.3) is 0 Å². The van der Waals surface area contributed by atoms with E-state index in [0.29, 0.717) is 38.1 Å². The minimum absolute atomic E-state index is 0.00304. The molecule has 36 heavy (non-hydrogen) atoms. The minimum atomic E-state index is -4.14. The molecule has 1 heterocycles. The summed E-state index contributed by atoms with van der Waals surface area (Å²) in [6.07, 6.45) is 1.36. The van der Waals surface area contributed by atoms with Gasteiger partial charge in [0.2, 0.25) is 0 Å². The second-order valence-electron chi connectivity index (χ2n) is 7.62. The van der Waals surface area contributed by atoms with Crippen molar-refractivity contribution in [1.29, 1.82) is 5.26 Å². The lowest BCUT2D eigenvalue weighted by Crippen LogP contribution is -2.10. The number of nitrogens with one attached hydrogen (secondary N) is 1. The molecule has 4 rings (SSSR count). The van der Waals surface area contributed by atoms with Crippen LogP contribution in [0.25, 0.3) is 10.9 Å². The van der Waals surface area contributed by atoms with Gasteiger partial charge in [0.1, 0.15) is 16.7 Å². The van der Waals surface area contributed by atoms with Crippen molar-refractivity contribution >= 4 is 55.6 Å². The van der Waals surface area contributed by atoms with Crippen molar-refractivity contribution in [1.82, 2.24) is 4.98 Å².